The van der Waals surface area contributed by atoms with Crippen molar-refractivity contribution < 1.29 is 13.2 Å². The van der Waals surface area contributed by atoms with Crippen LogP contribution in [-0.2, 0) is 16.6 Å². The molecule has 0 heterocycles. The second-order valence-corrected chi connectivity index (χ2v) is 8.08. The molecule has 8 heteroatoms. The van der Waals surface area contributed by atoms with E-state index in [9.17, 15) is 8.42 Å². The number of methoxy groups -OCH3 is 1. The number of nitrogens with zero attached hydrogens (tertiary/aromatic N) is 2. The van der Waals surface area contributed by atoms with Crippen LogP contribution in [0.25, 0.3) is 0 Å². The summed E-state index contributed by atoms with van der Waals surface area (Å²) in [6.45, 7) is 4.65. The van der Waals surface area contributed by atoms with E-state index in [4.69, 9.17) is 4.74 Å². The van der Waals surface area contributed by atoms with Crippen LogP contribution in [-0.4, -0.2) is 58.8 Å². The SMILES string of the molecule is CN=C(NCC(C)(C)NS(C)(=O)=O)N(C)Cc1ccccc1OC. The number of sulfonamides is 1. The highest BCUT2D eigenvalue weighted by Gasteiger charge is 2.23. The maximum Gasteiger partial charge on any atom is 0.209 e. The third-order valence-corrected chi connectivity index (χ3v) is 4.25. The Labute approximate surface area is 145 Å². The molecule has 0 aromatic heterocycles. The van der Waals surface area contributed by atoms with Crippen molar-refractivity contribution in [3.8, 4) is 5.75 Å². The monoisotopic (exact) mass is 356 g/mol. The lowest BCUT2D eigenvalue weighted by molar-refractivity contribution is 0.391. The number of nitrogens with one attached hydrogen (secondary N) is 2. The van der Waals surface area contributed by atoms with Crippen LogP contribution in [0.4, 0.5) is 0 Å². The van der Waals surface area contributed by atoms with Gasteiger partial charge in [-0.05, 0) is 19.9 Å². The molecule has 0 fully saturated rings. The molecule has 0 saturated heterocycles. The summed E-state index contributed by atoms with van der Waals surface area (Å²) >= 11 is 0. The lowest BCUT2D eigenvalue weighted by Gasteiger charge is -2.29. The molecule has 2 N–H and O–H groups in total. The first-order valence-corrected chi connectivity index (χ1v) is 9.50. The van der Waals surface area contributed by atoms with Gasteiger partial charge < -0.3 is 15.0 Å². The van der Waals surface area contributed by atoms with Crippen LogP contribution in [0.3, 0.4) is 0 Å². The molecule has 0 aliphatic carbocycles. The molecule has 7 nitrogen and oxygen atoms in total. The lowest BCUT2D eigenvalue weighted by Crippen LogP contribution is -2.53. The number of benzene rings is 1. The number of hydrogen-bond donors (Lipinski definition) is 2. The Kier molecular flexibility index (Phi) is 7.04. The Bertz CT molecular complexity index is 672. The summed E-state index contributed by atoms with van der Waals surface area (Å²) < 4.78 is 30.8. The number of para-hydroxylation sites is 1. The van der Waals surface area contributed by atoms with Crippen LogP contribution in [0.1, 0.15) is 19.4 Å². The standard InChI is InChI=1S/C16H28N4O3S/c1-16(2,19-24(6,21)22)12-18-15(17-3)20(4)11-13-9-7-8-10-14(13)23-5/h7-10,19H,11-12H2,1-6H3,(H,17,18). The fourth-order valence-electron chi connectivity index (χ4n) is 2.39. The number of aliphatic imine (C=N–C) groups is 1. The van der Waals surface area contributed by atoms with Crippen LogP contribution in [0.2, 0.25) is 0 Å². The summed E-state index contributed by atoms with van der Waals surface area (Å²) in [5, 5.41) is 3.20. The van der Waals surface area contributed by atoms with Crippen molar-refractivity contribution in [2.45, 2.75) is 25.9 Å². The fraction of sp³-hybridized carbons (Fsp3) is 0.562. The Morgan fingerprint density at radius 2 is 1.96 bits per heavy atom. The summed E-state index contributed by atoms with van der Waals surface area (Å²) in [4.78, 5) is 6.21. The summed E-state index contributed by atoms with van der Waals surface area (Å²) in [5.74, 6) is 1.49. The molecule has 1 rings (SSSR count). The van der Waals surface area contributed by atoms with Crippen molar-refractivity contribution in [1.29, 1.82) is 0 Å². The molecule has 0 bridgehead atoms. The first-order valence-electron chi connectivity index (χ1n) is 7.60. The van der Waals surface area contributed by atoms with E-state index in [1.54, 1.807) is 14.2 Å². The highest BCUT2D eigenvalue weighted by molar-refractivity contribution is 7.88. The van der Waals surface area contributed by atoms with Crippen molar-refractivity contribution in [2.24, 2.45) is 4.99 Å². The smallest absolute Gasteiger partial charge is 0.209 e. The van der Waals surface area contributed by atoms with Gasteiger partial charge in [0, 0.05) is 38.3 Å². The van der Waals surface area contributed by atoms with E-state index in [0.717, 1.165) is 17.6 Å². The van der Waals surface area contributed by atoms with Gasteiger partial charge in [0.1, 0.15) is 5.75 Å². The Balaban J connectivity index is 2.73. The van der Waals surface area contributed by atoms with Gasteiger partial charge in [-0.15, -0.1) is 0 Å². The van der Waals surface area contributed by atoms with Crippen molar-refractivity contribution >= 4 is 16.0 Å². The van der Waals surface area contributed by atoms with E-state index in [2.05, 4.69) is 15.0 Å². The molecule has 0 amide bonds. The van der Waals surface area contributed by atoms with Crippen LogP contribution in [0, 0.1) is 0 Å². The molecule has 0 saturated carbocycles. The van der Waals surface area contributed by atoms with Crippen LogP contribution < -0.4 is 14.8 Å². The second-order valence-electron chi connectivity index (χ2n) is 6.33. The quantitative estimate of drug-likeness (QED) is 0.563. The maximum absolute atomic E-state index is 11.4. The molecular weight excluding hydrogens is 328 g/mol. The summed E-state index contributed by atoms with van der Waals surface area (Å²) in [5.41, 5.74) is 0.411. The molecule has 0 radical (unpaired) electrons. The fourth-order valence-corrected chi connectivity index (χ4v) is 3.46. The number of guanidine groups is 1. The minimum atomic E-state index is -3.27. The number of ether oxygens (including phenoxy) is 1. The third kappa shape index (κ3) is 6.76. The van der Waals surface area contributed by atoms with E-state index >= 15 is 0 Å². The van der Waals surface area contributed by atoms with Gasteiger partial charge in [-0.1, -0.05) is 18.2 Å². The predicted molar refractivity (Wildman–Crippen MR) is 97.9 cm³/mol. The van der Waals surface area contributed by atoms with Gasteiger partial charge in [0.15, 0.2) is 5.96 Å². The van der Waals surface area contributed by atoms with Crippen molar-refractivity contribution in [2.75, 3.05) is 34.0 Å². The zero-order valence-corrected chi connectivity index (χ0v) is 16.1. The third-order valence-electron chi connectivity index (χ3n) is 3.32. The maximum atomic E-state index is 11.4. The first kappa shape index (κ1) is 20.2. The van der Waals surface area contributed by atoms with Gasteiger partial charge in [0.2, 0.25) is 10.0 Å². The molecule has 0 aliphatic rings. The molecular formula is C16H28N4O3S. The normalized spacial score (nSPS) is 12.8. The highest BCUT2D eigenvalue weighted by atomic mass is 32.2. The van der Waals surface area contributed by atoms with Crippen molar-refractivity contribution in [3.05, 3.63) is 29.8 Å². The molecule has 0 unspecified atom stereocenters. The second kappa shape index (κ2) is 8.34. The van der Waals surface area contributed by atoms with E-state index in [-0.39, 0.29) is 0 Å². The summed E-state index contributed by atoms with van der Waals surface area (Å²) in [6, 6.07) is 7.80. The van der Waals surface area contributed by atoms with Gasteiger partial charge in [0.05, 0.1) is 13.4 Å². The van der Waals surface area contributed by atoms with Crippen molar-refractivity contribution in [3.63, 3.8) is 0 Å². The zero-order chi connectivity index (χ0) is 18.4. The van der Waals surface area contributed by atoms with Crippen molar-refractivity contribution in [1.82, 2.24) is 14.9 Å². The molecule has 0 aliphatic heterocycles. The van der Waals surface area contributed by atoms with E-state index in [0.29, 0.717) is 19.0 Å². The average molecular weight is 356 g/mol. The molecule has 0 atom stereocenters. The largest absolute Gasteiger partial charge is 0.496 e. The summed E-state index contributed by atoms with van der Waals surface area (Å²) in [6.07, 6.45) is 1.15. The predicted octanol–water partition coefficient (Wildman–Crippen LogP) is 1.03. The van der Waals surface area contributed by atoms with Crippen LogP contribution >= 0.6 is 0 Å². The van der Waals surface area contributed by atoms with E-state index in [1.165, 1.54) is 0 Å². The Morgan fingerprint density at radius 3 is 2.50 bits per heavy atom. The molecule has 0 spiro atoms. The minimum absolute atomic E-state index is 0.406. The van der Waals surface area contributed by atoms with Gasteiger partial charge in [0.25, 0.3) is 0 Å². The number of hydrogen-bond acceptors (Lipinski definition) is 4. The van der Waals surface area contributed by atoms with Crippen LogP contribution in [0.5, 0.6) is 5.75 Å². The lowest BCUT2D eigenvalue weighted by atomic mass is 10.1. The molecule has 1 aromatic rings. The first-order chi connectivity index (χ1) is 11.1. The molecule has 136 valence electrons. The van der Waals surface area contributed by atoms with Gasteiger partial charge in [-0.2, -0.15) is 0 Å². The zero-order valence-electron chi connectivity index (χ0n) is 15.3. The highest BCUT2D eigenvalue weighted by Crippen LogP contribution is 2.18. The van der Waals surface area contributed by atoms with E-state index in [1.807, 2.05) is 50.1 Å². The molecule has 24 heavy (non-hydrogen) atoms. The average Bonchev–Trinajstić information content (AvgIpc) is 2.45. The topological polar surface area (TPSA) is 83.0 Å². The van der Waals surface area contributed by atoms with Gasteiger partial charge in [-0.3, -0.25) is 4.99 Å². The summed E-state index contributed by atoms with van der Waals surface area (Å²) in [7, 11) is 1.98. The Morgan fingerprint density at radius 1 is 1.33 bits per heavy atom. The number of rotatable bonds is 7. The van der Waals surface area contributed by atoms with E-state index < -0.39 is 15.6 Å². The Hall–Kier alpha value is -1.80. The van der Waals surface area contributed by atoms with Gasteiger partial charge in [-0.25, -0.2) is 13.1 Å². The van der Waals surface area contributed by atoms with Crippen LogP contribution in [0.15, 0.2) is 29.3 Å². The minimum Gasteiger partial charge on any atom is -0.496 e. The van der Waals surface area contributed by atoms with Gasteiger partial charge >= 0.3 is 0 Å². The molecule has 1 aromatic carbocycles.